The Morgan fingerprint density at radius 3 is 1.22 bits per heavy atom. The Bertz CT molecular complexity index is 890. The van der Waals surface area contributed by atoms with E-state index in [2.05, 4.69) is 52.0 Å². The van der Waals surface area contributed by atoms with Crippen LogP contribution in [0.2, 0.25) is 0 Å². The second-order valence-corrected chi connectivity index (χ2v) is 11.2. The molecule has 0 amide bonds. The first kappa shape index (κ1) is 21.9. The van der Waals surface area contributed by atoms with Crippen molar-refractivity contribution in [1.82, 2.24) is 0 Å². The van der Waals surface area contributed by atoms with Crippen molar-refractivity contribution in [1.29, 1.82) is 0 Å². The molecular weight excluding hydrogens is 392 g/mol. The number of phenols is 2. The van der Waals surface area contributed by atoms with E-state index in [9.17, 15) is 10.2 Å². The van der Waals surface area contributed by atoms with Gasteiger partial charge in [0.25, 0.3) is 0 Å². The minimum absolute atomic E-state index is 0.238. The topological polar surface area (TPSA) is 40.5 Å². The van der Waals surface area contributed by atoms with Crippen LogP contribution in [0.1, 0.15) is 99.6 Å². The van der Waals surface area contributed by atoms with Gasteiger partial charge in [0.15, 0.2) is 0 Å². The molecule has 6 rings (SSSR count). The first-order valence-electron chi connectivity index (χ1n) is 13.1. The quantitative estimate of drug-likeness (QED) is 0.509. The van der Waals surface area contributed by atoms with Crippen molar-refractivity contribution in [2.45, 2.75) is 103 Å². The number of hydrogen-bond acceptors (Lipinski definition) is 2. The molecule has 2 heteroatoms. The lowest BCUT2D eigenvalue weighted by atomic mass is 9.41. The molecule has 0 saturated heterocycles. The fourth-order valence-corrected chi connectivity index (χ4v) is 8.15. The van der Waals surface area contributed by atoms with Gasteiger partial charge in [0.2, 0.25) is 0 Å². The Morgan fingerprint density at radius 1 is 0.625 bits per heavy atom. The molecule has 4 aliphatic rings. The summed E-state index contributed by atoms with van der Waals surface area (Å²) in [6.07, 6.45) is 11.4. The van der Waals surface area contributed by atoms with Gasteiger partial charge in [-0.25, -0.2) is 0 Å². The molecule has 32 heavy (non-hydrogen) atoms. The van der Waals surface area contributed by atoms with E-state index in [-0.39, 0.29) is 10.8 Å². The number of rotatable bonds is 6. The molecule has 0 aromatic heterocycles. The Balaban J connectivity index is 1.64. The summed E-state index contributed by atoms with van der Waals surface area (Å²) in [7, 11) is 0. The lowest BCUT2D eigenvalue weighted by Gasteiger charge is -2.63. The molecule has 0 heterocycles. The molecule has 0 atom stereocenters. The van der Waals surface area contributed by atoms with Gasteiger partial charge in [-0.2, -0.15) is 0 Å². The number of benzene rings is 2. The summed E-state index contributed by atoms with van der Waals surface area (Å²) in [4.78, 5) is 0. The number of aromatic hydroxyl groups is 2. The minimum Gasteiger partial charge on any atom is -0.507 e. The lowest BCUT2D eigenvalue weighted by molar-refractivity contribution is -0.0282. The molecule has 4 aliphatic carbocycles. The molecule has 172 valence electrons. The summed E-state index contributed by atoms with van der Waals surface area (Å²) < 4.78 is 0. The van der Waals surface area contributed by atoms with Crippen molar-refractivity contribution >= 4 is 0 Å². The highest BCUT2D eigenvalue weighted by molar-refractivity contribution is 5.50. The standard InChI is InChI=1S/C30H40O2/c1-5-21-10-25(11-22(6-2)27(21)31)29-14-19-9-20(15-29)17-30(16-19,18-29)26-12-23(7-3)28(32)24(8-4)13-26/h10-13,19-20,31-32H,5-9,14-18H2,1-4H3. The van der Waals surface area contributed by atoms with E-state index >= 15 is 0 Å². The third-order valence-corrected chi connectivity index (χ3v) is 9.35. The zero-order chi connectivity index (χ0) is 22.7. The van der Waals surface area contributed by atoms with Crippen LogP contribution in [0.5, 0.6) is 11.5 Å². The molecule has 0 radical (unpaired) electrons. The fraction of sp³-hybridized carbons (Fsp3) is 0.600. The second kappa shape index (κ2) is 7.82. The molecule has 0 aliphatic heterocycles. The molecule has 4 bridgehead atoms. The van der Waals surface area contributed by atoms with Gasteiger partial charge in [-0.15, -0.1) is 0 Å². The Kier molecular flexibility index (Phi) is 5.34. The monoisotopic (exact) mass is 432 g/mol. The molecule has 2 aromatic carbocycles. The highest BCUT2D eigenvalue weighted by atomic mass is 16.3. The number of aryl methyl sites for hydroxylation is 4. The van der Waals surface area contributed by atoms with E-state index in [4.69, 9.17) is 0 Å². The lowest BCUT2D eigenvalue weighted by Crippen LogP contribution is -2.56. The fourth-order valence-electron chi connectivity index (χ4n) is 8.15. The maximum absolute atomic E-state index is 10.7. The van der Waals surface area contributed by atoms with Crippen LogP contribution in [0, 0.1) is 11.8 Å². The van der Waals surface area contributed by atoms with Gasteiger partial charge in [-0.1, -0.05) is 52.0 Å². The molecule has 4 fully saturated rings. The normalized spacial score (nSPS) is 30.8. The average molecular weight is 433 g/mol. The van der Waals surface area contributed by atoms with Crippen molar-refractivity contribution in [3.63, 3.8) is 0 Å². The molecule has 4 saturated carbocycles. The predicted molar refractivity (Wildman–Crippen MR) is 132 cm³/mol. The summed E-state index contributed by atoms with van der Waals surface area (Å²) >= 11 is 0. The van der Waals surface area contributed by atoms with Crippen LogP contribution in [-0.2, 0) is 36.5 Å². The summed E-state index contributed by atoms with van der Waals surface area (Å²) in [6.45, 7) is 8.64. The van der Waals surface area contributed by atoms with E-state index in [0.29, 0.717) is 11.5 Å². The summed E-state index contributed by atoms with van der Waals surface area (Å²) in [5.41, 5.74) is 7.95. The van der Waals surface area contributed by atoms with Crippen molar-refractivity contribution in [2.75, 3.05) is 0 Å². The van der Waals surface area contributed by atoms with Crippen molar-refractivity contribution in [3.8, 4) is 11.5 Å². The van der Waals surface area contributed by atoms with E-state index in [1.54, 1.807) is 0 Å². The number of phenolic OH excluding ortho intramolecular Hbond substituents is 2. The largest absolute Gasteiger partial charge is 0.507 e. The van der Waals surface area contributed by atoms with Crippen LogP contribution in [0.15, 0.2) is 24.3 Å². The average Bonchev–Trinajstić information content (AvgIpc) is 2.78. The molecule has 2 N–H and O–H groups in total. The molecule has 2 aromatic rings. The van der Waals surface area contributed by atoms with Crippen LogP contribution in [0.3, 0.4) is 0 Å². The van der Waals surface area contributed by atoms with Crippen LogP contribution < -0.4 is 0 Å². The van der Waals surface area contributed by atoms with E-state index in [0.717, 1.165) is 59.8 Å². The molecule has 0 unspecified atom stereocenters. The summed E-state index contributed by atoms with van der Waals surface area (Å²) in [6, 6.07) is 9.39. The smallest absolute Gasteiger partial charge is 0.121 e. The zero-order valence-electron chi connectivity index (χ0n) is 20.4. The SMILES string of the molecule is CCc1cc(C23CC4CC(C2)CC(c2cc(CC)c(O)c(CC)c2)(C4)C3)cc(CC)c1O. The van der Waals surface area contributed by atoms with E-state index in [1.165, 1.54) is 49.7 Å². The van der Waals surface area contributed by atoms with Gasteiger partial charge in [0.1, 0.15) is 11.5 Å². The Hall–Kier alpha value is -1.96. The van der Waals surface area contributed by atoms with Gasteiger partial charge in [-0.05, 0) is 120 Å². The number of hydrogen-bond donors (Lipinski definition) is 2. The first-order valence-corrected chi connectivity index (χ1v) is 13.1. The maximum Gasteiger partial charge on any atom is 0.121 e. The van der Waals surface area contributed by atoms with Crippen molar-refractivity contribution in [2.24, 2.45) is 11.8 Å². The highest BCUT2D eigenvalue weighted by Gasteiger charge is 2.58. The van der Waals surface area contributed by atoms with Gasteiger partial charge >= 0.3 is 0 Å². The molecule has 2 nitrogen and oxygen atoms in total. The van der Waals surface area contributed by atoms with Gasteiger partial charge in [-0.3, -0.25) is 0 Å². The third-order valence-electron chi connectivity index (χ3n) is 9.35. The van der Waals surface area contributed by atoms with E-state index in [1.807, 2.05) is 0 Å². The van der Waals surface area contributed by atoms with Crippen LogP contribution in [-0.4, -0.2) is 10.2 Å². The van der Waals surface area contributed by atoms with Crippen LogP contribution >= 0.6 is 0 Å². The highest BCUT2D eigenvalue weighted by Crippen LogP contribution is 2.66. The predicted octanol–water partition coefficient (Wildman–Crippen LogP) is 7.14. The zero-order valence-corrected chi connectivity index (χ0v) is 20.4. The van der Waals surface area contributed by atoms with Crippen molar-refractivity contribution < 1.29 is 10.2 Å². The van der Waals surface area contributed by atoms with Crippen LogP contribution in [0.4, 0.5) is 0 Å². The van der Waals surface area contributed by atoms with Crippen LogP contribution in [0.25, 0.3) is 0 Å². The Labute approximate surface area is 194 Å². The maximum atomic E-state index is 10.7. The third kappa shape index (κ3) is 3.20. The van der Waals surface area contributed by atoms with Gasteiger partial charge in [0, 0.05) is 0 Å². The van der Waals surface area contributed by atoms with Gasteiger partial charge in [0.05, 0.1) is 0 Å². The Morgan fingerprint density at radius 2 is 0.938 bits per heavy atom. The molecular formula is C30H40O2. The minimum atomic E-state index is 0.238. The summed E-state index contributed by atoms with van der Waals surface area (Å²) in [5, 5.41) is 21.5. The first-order chi connectivity index (χ1) is 15.4. The van der Waals surface area contributed by atoms with E-state index < -0.39 is 0 Å². The van der Waals surface area contributed by atoms with Gasteiger partial charge < -0.3 is 10.2 Å². The summed E-state index contributed by atoms with van der Waals surface area (Å²) in [5.74, 6) is 2.64. The second-order valence-electron chi connectivity index (χ2n) is 11.2. The van der Waals surface area contributed by atoms with Crippen molar-refractivity contribution in [3.05, 3.63) is 57.6 Å². The molecule has 0 spiro atoms.